The molecule has 1 amide bonds. The van der Waals surface area contributed by atoms with Crippen LogP contribution in [0.2, 0.25) is 0 Å². The number of alkyl halides is 3. The highest BCUT2D eigenvalue weighted by Crippen LogP contribution is 2.40. The predicted octanol–water partition coefficient (Wildman–Crippen LogP) is 4.76. The van der Waals surface area contributed by atoms with Crippen LogP contribution in [0.15, 0.2) is 36.4 Å². The lowest BCUT2D eigenvalue weighted by Crippen LogP contribution is -2.44. The first-order valence-corrected chi connectivity index (χ1v) is 9.46. The largest absolute Gasteiger partial charge is 0.508 e. The molecule has 1 N–H and O–H groups in total. The van der Waals surface area contributed by atoms with E-state index in [1.807, 2.05) is 6.92 Å². The second-order valence-electron chi connectivity index (χ2n) is 7.32. The molecule has 0 spiro atoms. The summed E-state index contributed by atoms with van der Waals surface area (Å²) in [6.07, 6.45) is -4.21. The summed E-state index contributed by atoms with van der Waals surface area (Å²) in [7, 11) is 0. The number of anilines is 2. The average Bonchev–Trinajstić information content (AvgIpc) is 2.85. The number of benzene rings is 2. The van der Waals surface area contributed by atoms with Gasteiger partial charge in [0.05, 0.1) is 22.9 Å². The van der Waals surface area contributed by atoms with Gasteiger partial charge in [0.25, 0.3) is 5.91 Å². The Hall–Kier alpha value is -3.12. The Morgan fingerprint density at radius 3 is 2.37 bits per heavy atom. The molecule has 2 aromatic rings. The molecule has 30 heavy (non-hydrogen) atoms. The molecular weight excluding hydrogens is 415 g/mol. The number of phenolic OH excluding ortho intramolecular Hbond substituents is 1. The summed E-state index contributed by atoms with van der Waals surface area (Å²) in [6.45, 7) is 5.10. The van der Waals surface area contributed by atoms with Crippen LogP contribution in [0.25, 0.3) is 0 Å². The van der Waals surface area contributed by atoms with Gasteiger partial charge in [0.1, 0.15) is 11.3 Å². The van der Waals surface area contributed by atoms with Crippen LogP contribution in [0.4, 0.5) is 24.5 Å². The maximum atomic E-state index is 13.4. The quantitative estimate of drug-likeness (QED) is 0.707. The van der Waals surface area contributed by atoms with Gasteiger partial charge in [0.15, 0.2) is 5.11 Å². The monoisotopic (exact) mass is 433 g/mol. The van der Waals surface area contributed by atoms with Crippen molar-refractivity contribution in [3.63, 3.8) is 0 Å². The SMILES string of the molecule is CCc1cc(N2C(=S)N(c3ccc(C#N)c(C(F)(F)F)c3)C(=O)C2(C)C)ccc1O. The first kappa shape index (κ1) is 21.6. The van der Waals surface area contributed by atoms with E-state index < -0.39 is 28.7 Å². The molecule has 5 nitrogen and oxygen atoms in total. The van der Waals surface area contributed by atoms with E-state index in [1.54, 1.807) is 30.9 Å². The Bertz CT molecular complexity index is 1090. The van der Waals surface area contributed by atoms with Crippen LogP contribution in [0.5, 0.6) is 5.75 Å². The van der Waals surface area contributed by atoms with Crippen LogP contribution in [0.1, 0.15) is 37.5 Å². The number of amides is 1. The average molecular weight is 433 g/mol. The van der Waals surface area contributed by atoms with E-state index in [0.29, 0.717) is 17.7 Å². The minimum atomic E-state index is -4.76. The Morgan fingerprint density at radius 1 is 1.17 bits per heavy atom. The van der Waals surface area contributed by atoms with E-state index in [2.05, 4.69) is 0 Å². The molecule has 1 fully saturated rings. The second-order valence-corrected chi connectivity index (χ2v) is 7.69. The lowest BCUT2D eigenvalue weighted by Gasteiger charge is -2.30. The lowest BCUT2D eigenvalue weighted by atomic mass is 10.0. The predicted molar refractivity (Wildman–Crippen MR) is 110 cm³/mol. The van der Waals surface area contributed by atoms with Crippen molar-refractivity contribution in [2.75, 3.05) is 9.80 Å². The fraction of sp³-hybridized carbons (Fsp3) is 0.286. The van der Waals surface area contributed by atoms with Crippen molar-refractivity contribution in [3.8, 4) is 11.8 Å². The van der Waals surface area contributed by atoms with Gasteiger partial charge in [-0.2, -0.15) is 18.4 Å². The van der Waals surface area contributed by atoms with Gasteiger partial charge in [-0.1, -0.05) is 6.92 Å². The maximum Gasteiger partial charge on any atom is 0.417 e. The number of carbonyl (C=O) groups excluding carboxylic acids is 1. The van der Waals surface area contributed by atoms with Crippen LogP contribution in [0, 0.1) is 11.3 Å². The van der Waals surface area contributed by atoms with E-state index in [-0.39, 0.29) is 16.5 Å². The van der Waals surface area contributed by atoms with Crippen molar-refractivity contribution < 1.29 is 23.1 Å². The molecule has 0 saturated carbocycles. The molecule has 0 radical (unpaired) electrons. The first-order chi connectivity index (χ1) is 13.9. The van der Waals surface area contributed by atoms with Crippen molar-refractivity contribution in [2.45, 2.75) is 38.9 Å². The second kappa shape index (κ2) is 7.29. The molecule has 0 aliphatic carbocycles. The van der Waals surface area contributed by atoms with Crippen molar-refractivity contribution in [1.82, 2.24) is 0 Å². The van der Waals surface area contributed by atoms with Gasteiger partial charge in [-0.3, -0.25) is 9.69 Å². The topological polar surface area (TPSA) is 67.6 Å². The zero-order chi connectivity index (χ0) is 22.4. The van der Waals surface area contributed by atoms with Gasteiger partial charge < -0.3 is 10.0 Å². The molecule has 156 valence electrons. The van der Waals surface area contributed by atoms with Crippen LogP contribution >= 0.6 is 12.2 Å². The summed E-state index contributed by atoms with van der Waals surface area (Å²) in [4.78, 5) is 15.8. The van der Waals surface area contributed by atoms with Crippen molar-refractivity contribution in [1.29, 1.82) is 5.26 Å². The summed E-state index contributed by atoms with van der Waals surface area (Å²) in [6, 6.07) is 9.36. The number of hydrogen-bond acceptors (Lipinski definition) is 4. The summed E-state index contributed by atoms with van der Waals surface area (Å²) in [5.41, 5.74) is -1.72. The molecule has 1 aliphatic heterocycles. The van der Waals surface area contributed by atoms with Crippen LogP contribution in [0.3, 0.4) is 0 Å². The van der Waals surface area contributed by atoms with Gasteiger partial charge in [0, 0.05) is 5.69 Å². The van der Waals surface area contributed by atoms with E-state index >= 15 is 0 Å². The van der Waals surface area contributed by atoms with E-state index in [4.69, 9.17) is 17.5 Å². The van der Waals surface area contributed by atoms with Gasteiger partial charge >= 0.3 is 6.18 Å². The molecule has 1 heterocycles. The Morgan fingerprint density at radius 2 is 1.80 bits per heavy atom. The molecule has 0 atom stereocenters. The smallest absolute Gasteiger partial charge is 0.417 e. The fourth-order valence-electron chi connectivity index (χ4n) is 3.45. The molecule has 1 saturated heterocycles. The number of aromatic hydroxyl groups is 1. The fourth-order valence-corrected chi connectivity index (χ4v) is 3.98. The number of phenols is 1. The van der Waals surface area contributed by atoms with Crippen LogP contribution in [-0.4, -0.2) is 21.7 Å². The summed E-state index contributed by atoms with van der Waals surface area (Å²) < 4.78 is 40.2. The highest BCUT2D eigenvalue weighted by molar-refractivity contribution is 7.81. The molecule has 0 bridgehead atoms. The lowest BCUT2D eigenvalue weighted by molar-refractivity contribution is -0.137. The Labute approximate surface area is 176 Å². The summed E-state index contributed by atoms with van der Waals surface area (Å²) in [5.74, 6) is -0.397. The van der Waals surface area contributed by atoms with E-state index in [0.717, 1.165) is 17.0 Å². The number of nitriles is 1. The number of rotatable bonds is 3. The van der Waals surface area contributed by atoms with Gasteiger partial charge in [-0.05, 0) is 74.4 Å². The van der Waals surface area contributed by atoms with Crippen LogP contribution in [-0.2, 0) is 17.4 Å². The maximum absolute atomic E-state index is 13.4. The van der Waals surface area contributed by atoms with E-state index in [1.165, 1.54) is 18.2 Å². The van der Waals surface area contributed by atoms with Crippen molar-refractivity contribution in [3.05, 3.63) is 53.1 Å². The first-order valence-electron chi connectivity index (χ1n) is 9.05. The zero-order valence-electron chi connectivity index (χ0n) is 16.4. The molecule has 1 aliphatic rings. The number of thiocarbonyl (C=S) groups is 1. The zero-order valence-corrected chi connectivity index (χ0v) is 17.2. The number of halogens is 3. The molecular formula is C21H18F3N3O2S. The summed E-state index contributed by atoms with van der Waals surface area (Å²) in [5, 5.41) is 19.0. The third kappa shape index (κ3) is 3.37. The van der Waals surface area contributed by atoms with Gasteiger partial charge in [-0.15, -0.1) is 0 Å². The number of hydrogen-bond donors (Lipinski definition) is 1. The van der Waals surface area contributed by atoms with E-state index in [9.17, 15) is 23.1 Å². The van der Waals surface area contributed by atoms with Gasteiger partial charge in [-0.25, -0.2) is 0 Å². The number of nitrogens with zero attached hydrogens (tertiary/aromatic N) is 3. The number of carbonyl (C=O) groups is 1. The number of aryl methyl sites for hydroxylation is 1. The van der Waals surface area contributed by atoms with Gasteiger partial charge in [0.2, 0.25) is 0 Å². The standard InChI is InChI=1S/C21H18F3N3O2S/c1-4-12-9-15(7-8-17(12)28)27-19(30)26(18(29)20(27,2)3)14-6-5-13(11-25)16(10-14)21(22,23)24/h5-10,28H,4H2,1-3H3. The van der Waals surface area contributed by atoms with Crippen LogP contribution < -0.4 is 9.80 Å². The molecule has 0 aromatic heterocycles. The summed E-state index contributed by atoms with van der Waals surface area (Å²) >= 11 is 5.48. The molecule has 2 aromatic carbocycles. The van der Waals surface area contributed by atoms with Crippen molar-refractivity contribution in [2.24, 2.45) is 0 Å². The Kier molecular flexibility index (Phi) is 5.24. The molecule has 0 unspecified atom stereocenters. The normalized spacial score (nSPS) is 16.2. The third-order valence-electron chi connectivity index (χ3n) is 5.06. The molecule has 9 heteroatoms. The third-order valence-corrected chi connectivity index (χ3v) is 5.42. The van der Waals surface area contributed by atoms with Crippen molar-refractivity contribution >= 4 is 34.6 Å². The highest BCUT2D eigenvalue weighted by Gasteiger charge is 2.50. The highest BCUT2D eigenvalue weighted by atomic mass is 32.1. The molecule has 3 rings (SSSR count). The minimum absolute atomic E-state index is 0.00979. The minimum Gasteiger partial charge on any atom is -0.508 e. The Balaban J connectivity index is 2.12.